The molecule has 2 aromatic carbocycles. The first-order valence-corrected chi connectivity index (χ1v) is 8.67. The van der Waals surface area contributed by atoms with Crippen molar-refractivity contribution < 1.29 is 22.6 Å². The Morgan fingerprint density at radius 3 is 2.64 bits per heavy atom. The van der Waals surface area contributed by atoms with Gasteiger partial charge in [0.1, 0.15) is 17.1 Å². The van der Waals surface area contributed by atoms with E-state index in [2.05, 4.69) is 14.6 Å². The number of nitrogens with two attached hydrogens (primary N) is 1. The number of hydrogen-bond acceptors (Lipinski definition) is 5. The minimum absolute atomic E-state index is 0.0918. The normalized spacial score (nSPS) is 13.7. The van der Waals surface area contributed by atoms with E-state index < -0.39 is 6.36 Å². The molecule has 0 aliphatic carbocycles. The summed E-state index contributed by atoms with van der Waals surface area (Å²) in [6.07, 6.45) is -4.16. The first-order valence-electron chi connectivity index (χ1n) is 8.67. The minimum atomic E-state index is -4.81. The van der Waals surface area contributed by atoms with Crippen LogP contribution in [0.25, 0.3) is 10.9 Å². The topological polar surface area (TPSA) is 60.6 Å². The van der Waals surface area contributed by atoms with Gasteiger partial charge in [0.05, 0.1) is 12.8 Å². The molecular formula is C20H18F3N3O2. The fourth-order valence-corrected chi connectivity index (χ4v) is 3.70. The molecule has 2 heterocycles. The third-order valence-corrected chi connectivity index (χ3v) is 4.86. The Bertz CT molecular complexity index is 1070. The second-order valence-electron chi connectivity index (χ2n) is 6.58. The monoisotopic (exact) mass is 389 g/mol. The zero-order chi connectivity index (χ0) is 20.1. The summed E-state index contributed by atoms with van der Waals surface area (Å²) in [5, 5.41) is 0.568. The van der Waals surface area contributed by atoms with Crippen LogP contribution in [0.5, 0.6) is 11.5 Å². The van der Waals surface area contributed by atoms with Crippen molar-refractivity contribution in [1.29, 1.82) is 0 Å². The van der Waals surface area contributed by atoms with Gasteiger partial charge < -0.3 is 20.1 Å². The van der Waals surface area contributed by atoms with Gasteiger partial charge in [0.2, 0.25) is 0 Å². The molecule has 0 spiro atoms. The maximum absolute atomic E-state index is 12.8. The number of alkyl halides is 3. The largest absolute Gasteiger partial charge is 0.573 e. The molecule has 0 fully saturated rings. The number of nitrogens with zero attached hydrogens (tertiary/aromatic N) is 2. The lowest BCUT2D eigenvalue weighted by molar-refractivity contribution is -0.274. The molecule has 28 heavy (non-hydrogen) atoms. The number of nitrogen functional groups attached to an aromatic ring is 1. The lowest BCUT2D eigenvalue weighted by Crippen LogP contribution is -2.18. The average molecular weight is 389 g/mol. The summed E-state index contributed by atoms with van der Waals surface area (Å²) in [4.78, 5) is 6.27. The Labute approximate surface area is 159 Å². The highest BCUT2D eigenvalue weighted by atomic mass is 19.4. The van der Waals surface area contributed by atoms with Crippen molar-refractivity contribution in [3.05, 3.63) is 47.5 Å². The quantitative estimate of drug-likeness (QED) is 0.702. The van der Waals surface area contributed by atoms with Crippen LogP contribution in [0, 0.1) is 6.92 Å². The highest BCUT2D eigenvalue weighted by molar-refractivity contribution is 6.01. The third-order valence-electron chi connectivity index (χ3n) is 4.86. The Balaban J connectivity index is 1.91. The van der Waals surface area contributed by atoms with Crippen molar-refractivity contribution in [2.24, 2.45) is 0 Å². The van der Waals surface area contributed by atoms with Crippen molar-refractivity contribution in [2.45, 2.75) is 19.7 Å². The number of rotatable bonds is 3. The van der Waals surface area contributed by atoms with Crippen molar-refractivity contribution in [3.8, 4) is 11.5 Å². The fourth-order valence-electron chi connectivity index (χ4n) is 3.70. The van der Waals surface area contributed by atoms with Gasteiger partial charge >= 0.3 is 6.36 Å². The van der Waals surface area contributed by atoms with Crippen LogP contribution in [-0.2, 0) is 6.42 Å². The number of para-hydroxylation sites is 1. The van der Waals surface area contributed by atoms with E-state index in [0.717, 1.165) is 28.3 Å². The highest BCUT2D eigenvalue weighted by Crippen LogP contribution is 2.45. The van der Waals surface area contributed by atoms with E-state index in [1.807, 2.05) is 25.1 Å². The molecule has 0 radical (unpaired) electrons. The summed E-state index contributed by atoms with van der Waals surface area (Å²) in [5.41, 5.74) is 9.71. The van der Waals surface area contributed by atoms with Crippen molar-refractivity contribution in [3.63, 3.8) is 0 Å². The van der Waals surface area contributed by atoms with Crippen LogP contribution in [0.1, 0.15) is 11.1 Å². The van der Waals surface area contributed by atoms with Crippen LogP contribution in [0.3, 0.4) is 0 Å². The Kier molecular flexibility index (Phi) is 4.21. The SMILES string of the molecule is COc1ccc(N2CCc3c(N)nc4c(OC(F)(F)F)cccc4c32)c(C)c1. The molecule has 0 saturated heterocycles. The first kappa shape index (κ1) is 18.2. The fraction of sp³-hybridized carbons (Fsp3) is 0.250. The Morgan fingerprint density at radius 1 is 1.18 bits per heavy atom. The zero-order valence-electron chi connectivity index (χ0n) is 15.3. The molecular weight excluding hydrogens is 371 g/mol. The third kappa shape index (κ3) is 3.04. The van der Waals surface area contributed by atoms with Gasteiger partial charge in [-0.1, -0.05) is 12.1 Å². The maximum Gasteiger partial charge on any atom is 0.573 e. The summed E-state index contributed by atoms with van der Waals surface area (Å²) in [7, 11) is 1.60. The highest BCUT2D eigenvalue weighted by Gasteiger charge is 2.33. The summed E-state index contributed by atoms with van der Waals surface area (Å²) >= 11 is 0. The number of methoxy groups -OCH3 is 1. The van der Waals surface area contributed by atoms with E-state index in [1.54, 1.807) is 13.2 Å². The molecule has 8 heteroatoms. The van der Waals surface area contributed by atoms with Crippen LogP contribution in [-0.4, -0.2) is 25.0 Å². The summed E-state index contributed by atoms with van der Waals surface area (Å²) in [6.45, 7) is 2.61. The maximum atomic E-state index is 12.8. The Morgan fingerprint density at radius 2 is 1.96 bits per heavy atom. The lowest BCUT2D eigenvalue weighted by atomic mass is 10.1. The second kappa shape index (κ2) is 6.47. The summed E-state index contributed by atoms with van der Waals surface area (Å²) < 4.78 is 47.9. The molecule has 1 aromatic heterocycles. The molecule has 0 amide bonds. The van der Waals surface area contributed by atoms with Gasteiger partial charge in [0.25, 0.3) is 0 Å². The smallest absolute Gasteiger partial charge is 0.497 e. The van der Waals surface area contributed by atoms with E-state index in [9.17, 15) is 13.2 Å². The van der Waals surface area contributed by atoms with Crippen LogP contribution < -0.4 is 20.1 Å². The van der Waals surface area contributed by atoms with Crippen molar-refractivity contribution in [1.82, 2.24) is 4.98 Å². The van der Waals surface area contributed by atoms with Gasteiger partial charge in [-0.2, -0.15) is 0 Å². The van der Waals surface area contributed by atoms with Crippen LogP contribution >= 0.6 is 0 Å². The molecule has 3 aromatic rings. The van der Waals surface area contributed by atoms with Gasteiger partial charge in [0.15, 0.2) is 5.75 Å². The molecule has 0 saturated carbocycles. The molecule has 4 rings (SSSR count). The van der Waals surface area contributed by atoms with E-state index in [1.165, 1.54) is 12.1 Å². The van der Waals surface area contributed by atoms with Crippen LogP contribution in [0.4, 0.5) is 30.4 Å². The second-order valence-corrected chi connectivity index (χ2v) is 6.58. The molecule has 0 unspecified atom stereocenters. The number of halogens is 3. The van der Waals surface area contributed by atoms with Crippen molar-refractivity contribution >= 4 is 28.1 Å². The van der Waals surface area contributed by atoms with Crippen LogP contribution in [0.2, 0.25) is 0 Å². The standard InChI is InChI=1S/C20H18F3N3O2/c1-11-10-12(27-2)6-7-15(11)26-9-8-14-18(26)13-4-3-5-16(28-20(21,22)23)17(13)25-19(14)24/h3-7,10H,8-9H2,1-2H3,(H2,24,25). The minimum Gasteiger partial charge on any atom is -0.497 e. The zero-order valence-corrected chi connectivity index (χ0v) is 15.3. The first-order chi connectivity index (χ1) is 13.3. The average Bonchev–Trinajstić information content (AvgIpc) is 3.07. The lowest BCUT2D eigenvalue weighted by Gasteiger charge is -2.24. The van der Waals surface area contributed by atoms with Gasteiger partial charge in [-0.3, -0.25) is 0 Å². The molecule has 1 aliphatic heterocycles. The molecule has 146 valence electrons. The van der Waals surface area contributed by atoms with E-state index >= 15 is 0 Å². The van der Waals surface area contributed by atoms with E-state index in [-0.39, 0.29) is 17.1 Å². The number of anilines is 3. The molecule has 0 bridgehead atoms. The molecule has 5 nitrogen and oxygen atoms in total. The van der Waals surface area contributed by atoms with Crippen molar-refractivity contribution in [2.75, 3.05) is 24.3 Å². The number of hydrogen-bond donors (Lipinski definition) is 1. The number of ether oxygens (including phenoxy) is 2. The van der Waals surface area contributed by atoms with Gasteiger partial charge in [-0.25, -0.2) is 4.98 Å². The van der Waals surface area contributed by atoms with Gasteiger partial charge in [-0.05, 0) is 43.2 Å². The van der Waals surface area contributed by atoms with Crippen LogP contribution in [0.15, 0.2) is 36.4 Å². The number of pyridine rings is 1. The predicted molar refractivity (Wildman–Crippen MR) is 101 cm³/mol. The summed E-state index contributed by atoms with van der Waals surface area (Å²) in [5.74, 6) is 0.591. The number of fused-ring (bicyclic) bond motifs is 3. The number of aromatic nitrogens is 1. The number of aryl methyl sites for hydroxylation is 1. The molecule has 0 atom stereocenters. The Hall–Kier alpha value is -3.16. The summed E-state index contributed by atoms with van der Waals surface area (Å²) in [6, 6.07) is 10.2. The number of benzene rings is 2. The van der Waals surface area contributed by atoms with Gasteiger partial charge in [-0.15, -0.1) is 13.2 Å². The van der Waals surface area contributed by atoms with E-state index in [0.29, 0.717) is 18.4 Å². The van der Waals surface area contributed by atoms with Gasteiger partial charge in [0, 0.05) is 23.2 Å². The van der Waals surface area contributed by atoms with E-state index in [4.69, 9.17) is 10.5 Å². The molecule has 2 N–H and O–H groups in total. The predicted octanol–water partition coefficient (Wildman–Crippen LogP) is 4.73. The molecule has 1 aliphatic rings.